The van der Waals surface area contributed by atoms with Gasteiger partial charge in [0.15, 0.2) is 11.5 Å². The van der Waals surface area contributed by atoms with Crippen LogP contribution in [0.1, 0.15) is 17.5 Å². The van der Waals surface area contributed by atoms with E-state index in [0.29, 0.717) is 5.89 Å². The number of oxazole rings is 1. The van der Waals surface area contributed by atoms with Crippen molar-refractivity contribution in [1.29, 1.82) is 0 Å². The molecule has 2 heterocycles. The Labute approximate surface area is 156 Å². The van der Waals surface area contributed by atoms with Crippen molar-refractivity contribution in [3.63, 3.8) is 0 Å². The molecular weight excluding hydrogens is 346 g/mol. The lowest BCUT2D eigenvalue weighted by Crippen LogP contribution is -2.41. The van der Waals surface area contributed by atoms with Gasteiger partial charge in [0, 0.05) is 37.2 Å². The number of hydrogen-bond donors (Lipinski definition) is 1. The van der Waals surface area contributed by atoms with Gasteiger partial charge >= 0.3 is 0 Å². The maximum Gasteiger partial charge on any atom is 0.246 e. The zero-order valence-corrected chi connectivity index (χ0v) is 15.5. The molecule has 0 radical (unpaired) electrons. The number of nitrogens with one attached hydrogen (secondary N) is 1. The second-order valence-corrected chi connectivity index (χ2v) is 7.59. The van der Waals surface area contributed by atoms with Crippen molar-refractivity contribution < 1.29 is 9.21 Å². The molecule has 1 atom stereocenters. The monoisotopic (exact) mass is 367 g/mol. The zero-order chi connectivity index (χ0) is 17.9. The molecule has 0 bridgehead atoms. The third-order valence-electron chi connectivity index (χ3n) is 4.54. The molecule has 5 nitrogen and oxygen atoms in total. The second-order valence-electron chi connectivity index (χ2n) is 6.37. The van der Waals surface area contributed by atoms with Gasteiger partial charge in [-0.2, -0.15) is 11.8 Å². The number of thioether (sulfide) groups is 1. The standard InChI is InChI=1S/C20H21N3O2S/c1-14-21-17-13-16(7-8-18(17)25-14)22-20(24)19(15-5-3-2-4-6-15)23-9-11-26-12-10-23/h2-8,13,19H,9-12H2,1H3,(H,22,24). The summed E-state index contributed by atoms with van der Waals surface area (Å²) < 4.78 is 5.51. The first-order valence-corrected chi connectivity index (χ1v) is 9.91. The van der Waals surface area contributed by atoms with Gasteiger partial charge in [-0.05, 0) is 23.8 Å². The summed E-state index contributed by atoms with van der Waals surface area (Å²) in [7, 11) is 0. The highest BCUT2D eigenvalue weighted by atomic mass is 32.2. The molecule has 1 N–H and O–H groups in total. The number of rotatable bonds is 4. The van der Waals surface area contributed by atoms with Gasteiger partial charge in [-0.3, -0.25) is 9.69 Å². The van der Waals surface area contributed by atoms with E-state index in [0.717, 1.165) is 46.9 Å². The van der Waals surface area contributed by atoms with Crippen molar-refractivity contribution in [2.75, 3.05) is 29.9 Å². The number of benzene rings is 2. The van der Waals surface area contributed by atoms with E-state index in [1.165, 1.54) is 0 Å². The van der Waals surface area contributed by atoms with E-state index < -0.39 is 0 Å². The van der Waals surface area contributed by atoms with Crippen molar-refractivity contribution in [3.8, 4) is 0 Å². The van der Waals surface area contributed by atoms with Crippen molar-refractivity contribution in [1.82, 2.24) is 9.88 Å². The summed E-state index contributed by atoms with van der Waals surface area (Å²) in [5.74, 6) is 2.72. The van der Waals surface area contributed by atoms with Crippen LogP contribution >= 0.6 is 11.8 Å². The summed E-state index contributed by atoms with van der Waals surface area (Å²) >= 11 is 1.94. The number of amides is 1. The number of aromatic nitrogens is 1. The molecule has 1 saturated heterocycles. The molecule has 6 heteroatoms. The van der Waals surface area contributed by atoms with Crippen LogP contribution in [0, 0.1) is 6.92 Å². The average molecular weight is 367 g/mol. The Kier molecular flexibility index (Phi) is 4.95. The largest absolute Gasteiger partial charge is 0.441 e. The van der Waals surface area contributed by atoms with Gasteiger partial charge in [0.1, 0.15) is 11.6 Å². The number of carbonyl (C=O) groups is 1. The van der Waals surface area contributed by atoms with E-state index in [-0.39, 0.29) is 11.9 Å². The highest BCUT2D eigenvalue weighted by Gasteiger charge is 2.29. The van der Waals surface area contributed by atoms with Crippen molar-refractivity contribution >= 4 is 34.5 Å². The summed E-state index contributed by atoms with van der Waals surface area (Å²) in [5, 5.41) is 3.07. The molecule has 3 aromatic rings. The molecule has 0 saturated carbocycles. The second kappa shape index (κ2) is 7.51. The number of nitrogens with zero attached hydrogens (tertiary/aromatic N) is 2. The van der Waals surface area contributed by atoms with Crippen LogP contribution in [0.5, 0.6) is 0 Å². The summed E-state index contributed by atoms with van der Waals surface area (Å²) in [6.07, 6.45) is 0. The normalized spacial score (nSPS) is 16.5. The quantitative estimate of drug-likeness (QED) is 0.759. The maximum atomic E-state index is 13.2. The minimum Gasteiger partial charge on any atom is -0.441 e. The van der Waals surface area contributed by atoms with Gasteiger partial charge in [-0.25, -0.2) is 4.98 Å². The lowest BCUT2D eigenvalue weighted by Gasteiger charge is -2.33. The Balaban J connectivity index is 1.60. The van der Waals surface area contributed by atoms with Crippen LogP contribution < -0.4 is 5.32 Å². The molecule has 1 aliphatic rings. The van der Waals surface area contributed by atoms with Crippen LogP contribution in [-0.2, 0) is 4.79 Å². The predicted molar refractivity (Wildman–Crippen MR) is 105 cm³/mol. The Hall–Kier alpha value is -2.31. The third kappa shape index (κ3) is 3.61. The Morgan fingerprint density at radius 2 is 1.96 bits per heavy atom. The number of carbonyl (C=O) groups excluding carboxylic acids is 1. The van der Waals surface area contributed by atoms with Crippen molar-refractivity contribution in [2.45, 2.75) is 13.0 Å². The lowest BCUT2D eigenvalue weighted by atomic mass is 10.0. The molecule has 1 aromatic heterocycles. The smallest absolute Gasteiger partial charge is 0.246 e. The number of hydrogen-bond acceptors (Lipinski definition) is 5. The molecule has 26 heavy (non-hydrogen) atoms. The highest BCUT2D eigenvalue weighted by molar-refractivity contribution is 7.99. The van der Waals surface area contributed by atoms with Crippen molar-refractivity contribution in [3.05, 3.63) is 60.0 Å². The van der Waals surface area contributed by atoms with Gasteiger partial charge in [-0.15, -0.1) is 0 Å². The van der Waals surface area contributed by atoms with Crippen molar-refractivity contribution in [2.24, 2.45) is 0 Å². The van der Waals surface area contributed by atoms with Crippen LogP contribution in [0.3, 0.4) is 0 Å². The topological polar surface area (TPSA) is 58.4 Å². The summed E-state index contributed by atoms with van der Waals surface area (Å²) in [5.41, 5.74) is 3.25. The van der Waals surface area contributed by atoms with Gasteiger partial charge in [0.25, 0.3) is 0 Å². The molecule has 4 rings (SSSR count). The Morgan fingerprint density at radius 1 is 1.19 bits per heavy atom. The Morgan fingerprint density at radius 3 is 2.73 bits per heavy atom. The fourth-order valence-corrected chi connectivity index (χ4v) is 4.26. The summed E-state index contributed by atoms with van der Waals surface area (Å²) in [4.78, 5) is 19.8. The molecule has 0 aliphatic carbocycles. The fourth-order valence-electron chi connectivity index (χ4n) is 3.33. The first kappa shape index (κ1) is 17.1. The van der Waals surface area contributed by atoms with Gasteiger partial charge in [0.2, 0.25) is 5.91 Å². The molecule has 1 unspecified atom stereocenters. The van der Waals surface area contributed by atoms with Gasteiger partial charge < -0.3 is 9.73 Å². The van der Waals surface area contributed by atoms with E-state index in [2.05, 4.69) is 15.2 Å². The molecule has 1 amide bonds. The molecular formula is C20H21N3O2S. The fraction of sp³-hybridized carbons (Fsp3) is 0.300. The Bertz CT molecular complexity index is 904. The van der Waals surface area contributed by atoms with Crippen LogP contribution in [0.4, 0.5) is 5.69 Å². The minimum atomic E-state index is -0.285. The van der Waals surface area contributed by atoms with E-state index in [4.69, 9.17) is 4.42 Å². The van der Waals surface area contributed by atoms with E-state index in [1.807, 2.05) is 67.2 Å². The van der Waals surface area contributed by atoms with E-state index >= 15 is 0 Å². The molecule has 134 valence electrons. The van der Waals surface area contributed by atoms with Crippen LogP contribution in [0.15, 0.2) is 52.9 Å². The minimum absolute atomic E-state index is 0.0114. The molecule has 0 spiro atoms. The van der Waals surface area contributed by atoms with Gasteiger partial charge in [0.05, 0.1) is 0 Å². The first-order valence-electron chi connectivity index (χ1n) is 8.75. The lowest BCUT2D eigenvalue weighted by molar-refractivity contribution is -0.121. The summed E-state index contributed by atoms with van der Waals surface area (Å²) in [6, 6.07) is 15.3. The molecule has 1 fully saturated rings. The average Bonchev–Trinajstić information content (AvgIpc) is 3.03. The number of anilines is 1. The van der Waals surface area contributed by atoms with Gasteiger partial charge in [-0.1, -0.05) is 30.3 Å². The summed E-state index contributed by atoms with van der Waals surface area (Å²) in [6.45, 7) is 3.65. The van der Waals surface area contributed by atoms with E-state index in [1.54, 1.807) is 0 Å². The van der Waals surface area contributed by atoms with Crippen LogP contribution in [-0.4, -0.2) is 40.4 Å². The number of aryl methyl sites for hydroxylation is 1. The highest BCUT2D eigenvalue weighted by Crippen LogP contribution is 2.27. The molecule has 1 aliphatic heterocycles. The predicted octanol–water partition coefficient (Wildman–Crippen LogP) is 3.86. The van der Waals surface area contributed by atoms with E-state index in [9.17, 15) is 4.79 Å². The first-order chi connectivity index (χ1) is 12.7. The third-order valence-corrected chi connectivity index (χ3v) is 5.48. The zero-order valence-electron chi connectivity index (χ0n) is 14.6. The van der Waals surface area contributed by atoms with Crippen LogP contribution in [0.2, 0.25) is 0 Å². The maximum absolute atomic E-state index is 13.2. The SMILES string of the molecule is Cc1nc2cc(NC(=O)C(c3ccccc3)N3CCSCC3)ccc2o1. The number of fused-ring (bicyclic) bond motifs is 1. The molecule has 2 aromatic carbocycles. The van der Waals surface area contributed by atoms with Crippen LogP contribution in [0.25, 0.3) is 11.1 Å².